The van der Waals surface area contributed by atoms with E-state index in [-0.39, 0.29) is 11.7 Å². The van der Waals surface area contributed by atoms with Crippen molar-refractivity contribution in [3.8, 4) is 11.8 Å². The molecule has 1 saturated carbocycles. The highest BCUT2D eigenvalue weighted by Gasteiger charge is 2.34. The minimum absolute atomic E-state index is 0.106. The van der Waals surface area contributed by atoms with Crippen LogP contribution in [0.4, 0.5) is 0 Å². The lowest BCUT2D eigenvalue weighted by Crippen LogP contribution is -2.23. The molecule has 1 aromatic heterocycles. The molecule has 2 aliphatic carbocycles. The molecular weight excluding hydrogens is 316 g/mol. The Morgan fingerprint density at radius 1 is 1.24 bits per heavy atom. The van der Waals surface area contributed by atoms with E-state index in [0.717, 1.165) is 17.6 Å². The number of rotatable bonds is 3. The van der Waals surface area contributed by atoms with Gasteiger partial charge in [-0.05, 0) is 54.4 Å². The maximum atomic E-state index is 11.3. The average Bonchev–Trinajstić information content (AvgIpc) is 3.19. The number of ether oxygens (including phenoxy) is 2. The van der Waals surface area contributed by atoms with Gasteiger partial charge in [0, 0.05) is 12.3 Å². The third-order valence-electron chi connectivity index (χ3n) is 5.86. The van der Waals surface area contributed by atoms with Crippen molar-refractivity contribution in [3.05, 3.63) is 51.9 Å². The fourth-order valence-corrected chi connectivity index (χ4v) is 4.68. The molecule has 1 aromatic carbocycles. The van der Waals surface area contributed by atoms with Crippen LogP contribution in [0.25, 0.3) is 0 Å². The molecule has 5 heteroatoms. The molecule has 0 spiro atoms. The van der Waals surface area contributed by atoms with E-state index in [0.29, 0.717) is 19.2 Å². The zero-order chi connectivity index (χ0) is 16.8. The summed E-state index contributed by atoms with van der Waals surface area (Å²) >= 11 is 0. The van der Waals surface area contributed by atoms with Crippen LogP contribution in [0.2, 0.25) is 0 Å². The highest BCUT2D eigenvalue weighted by atomic mass is 16.6. The smallest absolute Gasteiger partial charge is 0.300 e. The number of fused-ring (bicyclic) bond motifs is 4. The number of hydrogen-bond acceptors (Lipinski definition) is 4. The number of benzene rings is 1. The molecular formula is C20H22N2O3. The van der Waals surface area contributed by atoms with Gasteiger partial charge in [-0.3, -0.25) is 9.36 Å². The lowest BCUT2D eigenvalue weighted by atomic mass is 9.80. The first-order valence-corrected chi connectivity index (χ1v) is 9.26. The zero-order valence-corrected chi connectivity index (χ0v) is 14.2. The van der Waals surface area contributed by atoms with E-state index in [1.54, 1.807) is 11.8 Å². The summed E-state index contributed by atoms with van der Waals surface area (Å²) in [6.07, 6.45) is 8.29. The summed E-state index contributed by atoms with van der Waals surface area (Å²) in [6, 6.07) is 8.43. The normalized spacial score (nSPS) is 26.5. The Balaban J connectivity index is 1.25. The van der Waals surface area contributed by atoms with Crippen molar-refractivity contribution in [2.75, 3.05) is 6.61 Å². The summed E-state index contributed by atoms with van der Waals surface area (Å²) in [5.41, 5.74) is 2.74. The summed E-state index contributed by atoms with van der Waals surface area (Å²) in [7, 11) is 0. The molecule has 1 aliphatic heterocycles. The Morgan fingerprint density at radius 2 is 2.16 bits per heavy atom. The van der Waals surface area contributed by atoms with Crippen molar-refractivity contribution < 1.29 is 9.47 Å². The molecule has 2 aromatic rings. The average molecular weight is 338 g/mol. The van der Waals surface area contributed by atoms with Crippen LogP contribution in [0.1, 0.15) is 42.7 Å². The molecule has 3 unspecified atom stereocenters. The lowest BCUT2D eigenvalue weighted by molar-refractivity contribution is 0.143. The van der Waals surface area contributed by atoms with Gasteiger partial charge in [-0.15, -0.1) is 0 Å². The first-order valence-electron chi connectivity index (χ1n) is 9.26. The Morgan fingerprint density at radius 3 is 3.12 bits per heavy atom. The van der Waals surface area contributed by atoms with Gasteiger partial charge in [0.15, 0.2) is 6.10 Å². The van der Waals surface area contributed by atoms with E-state index in [1.807, 2.05) is 4.57 Å². The maximum absolute atomic E-state index is 11.3. The molecule has 5 nitrogen and oxygen atoms in total. The second-order valence-electron chi connectivity index (χ2n) is 7.47. The van der Waals surface area contributed by atoms with Gasteiger partial charge in [-0.1, -0.05) is 18.9 Å². The van der Waals surface area contributed by atoms with Crippen molar-refractivity contribution in [2.24, 2.45) is 5.92 Å². The monoisotopic (exact) mass is 338 g/mol. The first kappa shape index (κ1) is 15.0. The molecule has 0 amide bonds. The Hall–Kier alpha value is -2.30. The van der Waals surface area contributed by atoms with Crippen LogP contribution < -0.4 is 15.0 Å². The van der Waals surface area contributed by atoms with Crippen molar-refractivity contribution in [1.82, 2.24) is 9.55 Å². The quantitative estimate of drug-likeness (QED) is 0.863. The van der Waals surface area contributed by atoms with Crippen LogP contribution in [-0.2, 0) is 13.0 Å². The summed E-state index contributed by atoms with van der Waals surface area (Å²) < 4.78 is 13.5. The van der Waals surface area contributed by atoms with Crippen LogP contribution in [0, 0.1) is 5.92 Å². The molecule has 0 radical (unpaired) electrons. The highest BCUT2D eigenvalue weighted by molar-refractivity contribution is 5.42. The number of nitrogens with zero attached hydrogens (tertiary/aromatic N) is 2. The first-order chi connectivity index (χ1) is 12.3. The molecule has 2 heterocycles. The van der Waals surface area contributed by atoms with Gasteiger partial charge >= 0.3 is 0 Å². The molecule has 0 N–H and O–H groups in total. The zero-order valence-electron chi connectivity index (χ0n) is 14.2. The third-order valence-corrected chi connectivity index (χ3v) is 5.86. The Bertz CT molecular complexity index is 860. The molecule has 25 heavy (non-hydrogen) atoms. The minimum Gasteiger partial charge on any atom is -0.490 e. The molecule has 0 bridgehead atoms. The Kier molecular flexibility index (Phi) is 3.54. The van der Waals surface area contributed by atoms with Gasteiger partial charge in [-0.25, -0.2) is 0 Å². The van der Waals surface area contributed by atoms with Gasteiger partial charge in [0.1, 0.15) is 12.4 Å². The summed E-state index contributed by atoms with van der Waals surface area (Å²) in [5.74, 6) is 2.53. The van der Waals surface area contributed by atoms with Crippen LogP contribution in [0.15, 0.2) is 35.3 Å². The van der Waals surface area contributed by atoms with Crippen molar-refractivity contribution in [3.63, 3.8) is 0 Å². The fourth-order valence-electron chi connectivity index (χ4n) is 4.68. The SMILES string of the molecule is O=c1ccn2c(n1)OC(COc1ccc3c(c1)CC1CCCCC31)C2. The van der Waals surface area contributed by atoms with E-state index in [4.69, 9.17) is 9.47 Å². The second-order valence-corrected chi connectivity index (χ2v) is 7.47. The summed E-state index contributed by atoms with van der Waals surface area (Å²) in [4.78, 5) is 15.2. The molecule has 130 valence electrons. The molecule has 0 saturated heterocycles. The molecule has 3 aliphatic rings. The van der Waals surface area contributed by atoms with Crippen LogP contribution in [0.3, 0.4) is 0 Å². The fraction of sp³-hybridized carbons (Fsp3) is 0.500. The predicted molar refractivity (Wildman–Crippen MR) is 93.3 cm³/mol. The van der Waals surface area contributed by atoms with Crippen LogP contribution in [-0.4, -0.2) is 22.3 Å². The van der Waals surface area contributed by atoms with Gasteiger partial charge < -0.3 is 9.47 Å². The minimum atomic E-state index is -0.270. The molecule has 1 fully saturated rings. The van der Waals surface area contributed by atoms with E-state index in [2.05, 4.69) is 23.2 Å². The standard InChI is InChI=1S/C20H22N2O3/c23-19-7-8-22-11-16(25-20(22)21-19)12-24-15-5-6-18-14(10-15)9-13-3-1-2-4-17(13)18/h5-8,10,13,16-17H,1-4,9,11-12H2. The highest BCUT2D eigenvalue weighted by Crippen LogP contribution is 2.47. The maximum Gasteiger partial charge on any atom is 0.300 e. The van der Waals surface area contributed by atoms with Gasteiger partial charge in [0.05, 0.1) is 6.54 Å². The molecule has 3 atom stereocenters. The van der Waals surface area contributed by atoms with Gasteiger partial charge in [-0.2, -0.15) is 4.98 Å². The van der Waals surface area contributed by atoms with Crippen LogP contribution in [0.5, 0.6) is 11.8 Å². The summed E-state index contributed by atoms with van der Waals surface area (Å²) in [5, 5.41) is 0. The van der Waals surface area contributed by atoms with Crippen molar-refractivity contribution >= 4 is 0 Å². The van der Waals surface area contributed by atoms with Crippen molar-refractivity contribution in [1.29, 1.82) is 0 Å². The van der Waals surface area contributed by atoms with E-state index in [1.165, 1.54) is 43.7 Å². The second kappa shape index (κ2) is 5.90. The van der Waals surface area contributed by atoms with Gasteiger partial charge in [0.25, 0.3) is 11.6 Å². The van der Waals surface area contributed by atoms with Crippen LogP contribution >= 0.6 is 0 Å². The third kappa shape index (κ3) is 2.71. The van der Waals surface area contributed by atoms with Gasteiger partial charge in [0.2, 0.25) is 0 Å². The number of hydrogen-bond donors (Lipinski definition) is 0. The van der Waals surface area contributed by atoms with Crippen molar-refractivity contribution in [2.45, 2.75) is 50.7 Å². The number of aromatic nitrogens is 2. The van der Waals surface area contributed by atoms with E-state index in [9.17, 15) is 4.79 Å². The lowest BCUT2D eigenvalue weighted by Gasteiger charge is -2.25. The topological polar surface area (TPSA) is 53.4 Å². The Labute approximate surface area is 146 Å². The molecule has 5 rings (SSSR count). The van der Waals surface area contributed by atoms with E-state index >= 15 is 0 Å². The summed E-state index contributed by atoms with van der Waals surface area (Å²) in [6.45, 7) is 1.13. The van der Waals surface area contributed by atoms with E-state index < -0.39 is 0 Å². The predicted octanol–water partition coefficient (Wildman–Crippen LogP) is 2.91. The largest absolute Gasteiger partial charge is 0.490 e.